The van der Waals surface area contributed by atoms with Gasteiger partial charge in [-0.15, -0.1) is 21.5 Å². The number of piperidine rings is 1. The van der Waals surface area contributed by atoms with Crippen LogP contribution in [0, 0.1) is 5.82 Å². The van der Waals surface area contributed by atoms with E-state index in [4.69, 9.17) is 16.0 Å². The van der Waals surface area contributed by atoms with E-state index in [1.165, 1.54) is 18.6 Å². The largest absolute Gasteiger partial charge is 0.415 e. The van der Waals surface area contributed by atoms with E-state index in [2.05, 4.69) is 15.2 Å². The van der Waals surface area contributed by atoms with E-state index in [0.717, 1.165) is 11.0 Å². The first-order valence-corrected chi connectivity index (χ1v) is 14.7. The Morgan fingerprint density at radius 1 is 1.21 bits per heavy atom. The third-order valence-corrected chi connectivity index (χ3v) is 9.15. The number of nitrogens with one attached hydrogen (secondary N) is 1. The van der Waals surface area contributed by atoms with Gasteiger partial charge in [0.25, 0.3) is 17.7 Å². The van der Waals surface area contributed by atoms with Gasteiger partial charge in [-0.25, -0.2) is 26.6 Å². The molecule has 42 heavy (non-hydrogen) atoms. The fourth-order valence-electron chi connectivity index (χ4n) is 3.76. The number of likely N-dealkylation sites (tertiary alicyclic amines) is 1. The molecule has 0 spiro atoms. The minimum Gasteiger partial charge on any atom is -0.415 e. The number of nitrogens with zero attached hydrogens (tertiary/aromatic N) is 4. The number of halogens is 7. The van der Waals surface area contributed by atoms with Crippen LogP contribution in [-0.4, -0.2) is 70.7 Å². The highest BCUT2D eigenvalue weighted by atomic mass is 35.5. The summed E-state index contributed by atoms with van der Waals surface area (Å²) in [7, 11) is -5.04. The van der Waals surface area contributed by atoms with E-state index in [-0.39, 0.29) is 46.0 Å². The van der Waals surface area contributed by atoms with Crippen LogP contribution in [0.4, 0.5) is 26.3 Å². The van der Waals surface area contributed by atoms with Gasteiger partial charge >= 0.3 is 6.18 Å². The molecular formula is C23H22ClF6N5O5S2. The van der Waals surface area contributed by atoms with Gasteiger partial charge in [-0.1, -0.05) is 17.7 Å². The Bertz CT molecular complexity index is 1610. The molecular weight excluding hydrogens is 640 g/mol. The van der Waals surface area contributed by atoms with Crippen molar-refractivity contribution >= 4 is 38.9 Å². The van der Waals surface area contributed by atoms with E-state index in [1.807, 2.05) is 0 Å². The SMILES string of the molecule is CC(NS(=O)(=O)c1ccc(-c2sc(-c3nnc(C(C)(C)O)o3)nc2C(=O)N2CCC(F)(F)CC2)c(Cl)c1F)C(F)(F)F. The second kappa shape index (κ2) is 11.0. The van der Waals surface area contributed by atoms with Crippen LogP contribution in [0.3, 0.4) is 0 Å². The van der Waals surface area contributed by atoms with Crippen molar-refractivity contribution in [3.8, 4) is 21.3 Å². The zero-order chi connectivity index (χ0) is 31.4. The molecule has 1 fully saturated rings. The maximum atomic E-state index is 15.3. The van der Waals surface area contributed by atoms with E-state index >= 15 is 4.39 Å². The number of sulfonamides is 1. The van der Waals surface area contributed by atoms with Crippen LogP contribution in [0.1, 0.15) is 50.0 Å². The van der Waals surface area contributed by atoms with Crippen LogP contribution < -0.4 is 4.72 Å². The Morgan fingerprint density at radius 3 is 2.38 bits per heavy atom. The Hall–Kier alpha value is -2.80. The Morgan fingerprint density at radius 2 is 1.83 bits per heavy atom. The molecule has 2 aromatic heterocycles. The highest BCUT2D eigenvalue weighted by molar-refractivity contribution is 7.89. The fraction of sp³-hybridized carbons (Fsp3) is 0.478. The van der Waals surface area contributed by atoms with Crippen LogP contribution in [0.2, 0.25) is 5.02 Å². The minimum atomic E-state index is -5.04. The Balaban J connectivity index is 1.80. The molecule has 10 nitrogen and oxygen atoms in total. The van der Waals surface area contributed by atoms with E-state index in [9.17, 15) is 40.3 Å². The van der Waals surface area contributed by atoms with Gasteiger partial charge in [-0.05, 0) is 26.8 Å². The van der Waals surface area contributed by atoms with Crippen molar-refractivity contribution in [2.45, 2.75) is 62.3 Å². The second-order valence-corrected chi connectivity index (χ2v) is 13.0. The summed E-state index contributed by atoms with van der Waals surface area (Å²) in [6, 6.07) is -0.920. The predicted octanol–water partition coefficient (Wildman–Crippen LogP) is 4.98. The van der Waals surface area contributed by atoms with Crippen molar-refractivity contribution in [3.05, 3.63) is 34.6 Å². The lowest BCUT2D eigenvalue weighted by Gasteiger charge is -2.31. The summed E-state index contributed by atoms with van der Waals surface area (Å²) in [4.78, 5) is 17.4. The molecule has 3 heterocycles. The lowest BCUT2D eigenvalue weighted by Crippen LogP contribution is -2.43. The number of alkyl halides is 5. The first-order chi connectivity index (χ1) is 19.2. The van der Waals surface area contributed by atoms with E-state index in [0.29, 0.717) is 24.3 Å². The monoisotopic (exact) mass is 661 g/mol. The molecule has 0 radical (unpaired) electrons. The summed E-state index contributed by atoms with van der Waals surface area (Å²) >= 11 is 6.85. The first kappa shape index (κ1) is 32.1. The number of rotatable bonds is 7. The van der Waals surface area contributed by atoms with Gasteiger partial charge in [0.2, 0.25) is 15.9 Å². The molecule has 1 aromatic carbocycles. The lowest BCUT2D eigenvalue weighted by molar-refractivity contribution is -0.147. The van der Waals surface area contributed by atoms with Crippen LogP contribution in [0.25, 0.3) is 21.3 Å². The smallest absolute Gasteiger partial charge is 0.404 e. The Kier molecular flexibility index (Phi) is 8.44. The predicted molar refractivity (Wildman–Crippen MR) is 137 cm³/mol. The van der Waals surface area contributed by atoms with Crippen molar-refractivity contribution in [2.24, 2.45) is 0 Å². The summed E-state index contributed by atoms with van der Waals surface area (Å²) in [5, 5.41) is 16.7. The van der Waals surface area contributed by atoms with Crippen molar-refractivity contribution in [2.75, 3.05) is 13.1 Å². The summed E-state index contributed by atoms with van der Waals surface area (Å²) in [6.45, 7) is 2.59. The molecule has 3 aromatic rings. The molecule has 1 aliphatic rings. The molecule has 1 unspecified atom stereocenters. The van der Waals surface area contributed by atoms with Gasteiger partial charge in [0.05, 0.1) is 9.90 Å². The summed E-state index contributed by atoms with van der Waals surface area (Å²) in [6.07, 6.45) is -6.19. The number of carbonyl (C=O) groups excluding carboxylic acids is 1. The van der Waals surface area contributed by atoms with Gasteiger partial charge in [0, 0.05) is 31.5 Å². The number of aromatic nitrogens is 3. The number of hydrogen-bond acceptors (Lipinski definition) is 9. The normalized spacial score (nSPS) is 17.0. The maximum Gasteiger partial charge on any atom is 0.404 e. The standard InChI is InChI=1S/C23H22ClF6N5O5S2/c1-10(23(28,29)30)34-42(38,39)12-5-4-11(13(24)14(12)25)16-15(19(36)35-8-6-22(26,27)7-9-35)31-18(41-16)17-32-33-20(40-17)21(2,3)37/h4-5,10,34,37H,6-9H2,1-3H3. The number of thiazole rings is 1. The number of amides is 1. The number of hydrogen-bond donors (Lipinski definition) is 2. The number of aliphatic hydroxyl groups is 1. The molecule has 1 aliphatic heterocycles. The molecule has 19 heteroatoms. The molecule has 1 amide bonds. The van der Waals surface area contributed by atoms with E-state index < -0.39 is 68.2 Å². The molecule has 0 saturated carbocycles. The van der Waals surface area contributed by atoms with Gasteiger partial charge in [-0.3, -0.25) is 4.79 Å². The lowest BCUT2D eigenvalue weighted by atomic mass is 10.1. The Labute approximate surface area is 243 Å². The quantitative estimate of drug-likeness (QED) is 0.338. The molecule has 0 bridgehead atoms. The van der Waals surface area contributed by atoms with Gasteiger partial charge in [-0.2, -0.15) is 17.9 Å². The highest BCUT2D eigenvalue weighted by Crippen LogP contribution is 2.42. The third-order valence-electron chi connectivity index (χ3n) is 6.15. The average Bonchev–Trinajstić information content (AvgIpc) is 3.52. The minimum absolute atomic E-state index is 0.104. The van der Waals surface area contributed by atoms with Crippen molar-refractivity contribution in [1.82, 2.24) is 24.8 Å². The molecule has 2 N–H and O–H groups in total. The van der Waals surface area contributed by atoms with Crippen LogP contribution in [0.15, 0.2) is 21.4 Å². The first-order valence-electron chi connectivity index (χ1n) is 12.0. The van der Waals surface area contributed by atoms with Crippen molar-refractivity contribution < 1.29 is 49.1 Å². The van der Waals surface area contributed by atoms with Gasteiger partial charge in [0.15, 0.2) is 10.8 Å². The maximum absolute atomic E-state index is 15.3. The molecule has 230 valence electrons. The average molecular weight is 662 g/mol. The van der Waals surface area contributed by atoms with Crippen molar-refractivity contribution in [3.63, 3.8) is 0 Å². The van der Waals surface area contributed by atoms with E-state index in [1.54, 1.807) is 0 Å². The molecule has 0 aliphatic carbocycles. The van der Waals surface area contributed by atoms with Gasteiger partial charge < -0.3 is 14.4 Å². The third kappa shape index (κ3) is 6.56. The number of carbonyl (C=O) groups is 1. The fourth-order valence-corrected chi connectivity index (χ4v) is 6.45. The van der Waals surface area contributed by atoms with Crippen molar-refractivity contribution in [1.29, 1.82) is 0 Å². The summed E-state index contributed by atoms with van der Waals surface area (Å²) in [5.74, 6) is -5.89. The van der Waals surface area contributed by atoms with Crippen LogP contribution in [-0.2, 0) is 15.6 Å². The van der Waals surface area contributed by atoms with Gasteiger partial charge in [0.1, 0.15) is 22.2 Å². The van der Waals surface area contributed by atoms with Crippen LogP contribution in [0.5, 0.6) is 0 Å². The summed E-state index contributed by atoms with van der Waals surface area (Å²) in [5.41, 5.74) is -2.20. The molecule has 4 rings (SSSR count). The zero-order valence-electron chi connectivity index (χ0n) is 21.9. The summed E-state index contributed by atoms with van der Waals surface area (Å²) < 4.78 is 113. The molecule has 1 saturated heterocycles. The second-order valence-electron chi connectivity index (χ2n) is 9.94. The number of benzene rings is 1. The highest BCUT2D eigenvalue weighted by Gasteiger charge is 2.41. The topological polar surface area (TPSA) is 139 Å². The van der Waals surface area contributed by atoms with Crippen LogP contribution >= 0.6 is 22.9 Å². The zero-order valence-corrected chi connectivity index (χ0v) is 24.3. The molecule has 1 atom stereocenters.